The molecule has 3 heteroatoms. The van der Waals surface area contributed by atoms with Crippen LogP contribution >= 0.6 is 0 Å². The number of hydrogen-bond acceptors (Lipinski definition) is 2. The monoisotopic (exact) mass is 243 g/mol. The van der Waals surface area contributed by atoms with Crippen molar-refractivity contribution in [3.8, 4) is 11.8 Å². The van der Waals surface area contributed by atoms with Crippen molar-refractivity contribution in [3.63, 3.8) is 0 Å². The highest BCUT2D eigenvalue weighted by Gasteiger charge is 2.46. The van der Waals surface area contributed by atoms with Crippen molar-refractivity contribution in [1.82, 2.24) is 5.32 Å². The summed E-state index contributed by atoms with van der Waals surface area (Å²) in [5, 5.41) is 11.7. The van der Waals surface area contributed by atoms with Crippen molar-refractivity contribution in [2.45, 2.75) is 26.3 Å². The maximum Gasteiger partial charge on any atom is 0.252 e. The van der Waals surface area contributed by atoms with Crippen LogP contribution in [0.15, 0.2) is 24.3 Å². The first-order chi connectivity index (χ1) is 8.54. The molecule has 1 aliphatic rings. The molecule has 1 aromatic carbocycles. The lowest BCUT2D eigenvalue weighted by molar-refractivity contribution is 0.0946. The largest absolute Gasteiger partial charge is 0.384 e. The van der Waals surface area contributed by atoms with Crippen molar-refractivity contribution in [2.24, 2.45) is 5.41 Å². The maximum atomic E-state index is 12.1. The fourth-order valence-corrected chi connectivity index (χ4v) is 1.87. The lowest BCUT2D eigenvalue weighted by Gasteiger charge is -2.08. The van der Waals surface area contributed by atoms with Gasteiger partial charge in [0.05, 0.1) is 5.56 Å². The Bertz CT molecular complexity index is 523. The summed E-state index contributed by atoms with van der Waals surface area (Å²) in [7, 11) is 0. The molecule has 1 saturated carbocycles. The maximum absolute atomic E-state index is 12.1. The van der Waals surface area contributed by atoms with Crippen LogP contribution in [0.5, 0.6) is 0 Å². The summed E-state index contributed by atoms with van der Waals surface area (Å²) >= 11 is 0. The average molecular weight is 243 g/mol. The van der Waals surface area contributed by atoms with Gasteiger partial charge in [-0.15, -0.1) is 0 Å². The molecule has 0 radical (unpaired) electrons. The molecule has 0 heterocycles. The first-order valence-electron chi connectivity index (χ1n) is 6.04. The van der Waals surface area contributed by atoms with E-state index in [-0.39, 0.29) is 24.0 Å². The molecule has 0 saturated heterocycles. The minimum Gasteiger partial charge on any atom is -0.384 e. The van der Waals surface area contributed by atoms with Crippen LogP contribution in [-0.2, 0) is 0 Å². The predicted molar refractivity (Wildman–Crippen MR) is 70.1 cm³/mol. The summed E-state index contributed by atoms with van der Waals surface area (Å²) in [6.07, 6.45) is 1.02. The zero-order valence-electron chi connectivity index (χ0n) is 10.7. The molecule has 1 atom stereocenters. The second kappa shape index (κ2) is 4.83. The number of aliphatic hydroxyl groups excluding tert-OH is 1. The van der Waals surface area contributed by atoms with Gasteiger partial charge < -0.3 is 10.4 Å². The molecule has 1 aliphatic carbocycles. The van der Waals surface area contributed by atoms with Gasteiger partial charge in [-0.05, 0) is 24.0 Å². The Morgan fingerprint density at radius 1 is 1.50 bits per heavy atom. The lowest BCUT2D eigenvalue weighted by atomic mass is 10.1. The van der Waals surface area contributed by atoms with E-state index < -0.39 is 0 Å². The Morgan fingerprint density at radius 2 is 2.17 bits per heavy atom. The molecule has 18 heavy (non-hydrogen) atoms. The summed E-state index contributed by atoms with van der Waals surface area (Å²) in [6.45, 7) is 4.07. The molecular formula is C15H17NO2. The number of carbonyl (C=O) groups is 1. The van der Waals surface area contributed by atoms with Gasteiger partial charge in [0, 0.05) is 11.6 Å². The first-order valence-corrected chi connectivity index (χ1v) is 6.04. The Morgan fingerprint density at radius 3 is 2.78 bits per heavy atom. The number of rotatable bonds is 2. The van der Waals surface area contributed by atoms with Crippen molar-refractivity contribution in [2.75, 3.05) is 6.61 Å². The van der Waals surface area contributed by atoms with Crippen molar-refractivity contribution in [1.29, 1.82) is 0 Å². The number of carbonyl (C=O) groups excluding carboxylic acids is 1. The summed E-state index contributed by atoms with van der Waals surface area (Å²) < 4.78 is 0. The number of hydrogen-bond donors (Lipinski definition) is 2. The molecule has 94 valence electrons. The SMILES string of the molecule is CC1(C)CC1NC(=O)c1ccccc1C#CCO. The van der Waals surface area contributed by atoms with Gasteiger partial charge in [-0.3, -0.25) is 4.79 Å². The third-order valence-corrected chi connectivity index (χ3v) is 3.29. The highest BCUT2D eigenvalue weighted by Crippen LogP contribution is 2.44. The minimum atomic E-state index is -0.203. The molecule has 2 rings (SSSR count). The Labute approximate surface area is 107 Å². The van der Waals surface area contributed by atoms with E-state index in [1.165, 1.54) is 0 Å². The minimum absolute atomic E-state index is 0.0894. The predicted octanol–water partition coefficient (Wildman–Crippen LogP) is 1.56. The van der Waals surface area contributed by atoms with E-state index in [9.17, 15) is 4.79 Å². The second-order valence-corrected chi connectivity index (χ2v) is 5.22. The molecule has 1 amide bonds. The number of amides is 1. The third kappa shape index (κ3) is 2.72. The second-order valence-electron chi connectivity index (χ2n) is 5.22. The summed E-state index contributed by atoms with van der Waals surface area (Å²) in [5.41, 5.74) is 1.44. The summed E-state index contributed by atoms with van der Waals surface area (Å²) in [5.74, 6) is 5.28. The molecule has 0 bridgehead atoms. The van der Waals surface area contributed by atoms with Crippen LogP contribution in [0.4, 0.5) is 0 Å². The fraction of sp³-hybridized carbons (Fsp3) is 0.400. The van der Waals surface area contributed by atoms with E-state index in [1.54, 1.807) is 12.1 Å². The Balaban J connectivity index is 2.15. The molecule has 0 aliphatic heterocycles. The topological polar surface area (TPSA) is 49.3 Å². The van der Waals surface area contributed by atoms with Gasteiger partial charge in [0.2, 0.25) is 0 Å². The van der Waals surface area contributed by atoms with E-state index in [0.717, 1.165) is 6.42 Å². The average Bonchev–Trinajstić information content (AvgIpc) is 2.94. The highest BCUT2D eigenvalue weighted by atomic mass is 16.2. The first kappa shape index (κ1) is 12.7. The van der Waals surface area contributed by atoms with E-state index in [1.807, 2.05) is 12.1 Å². The van der Waals surface area contributed by atoms with Crippen molar-refractivity contribution >= 4 is 5.91 Å². The molecule has 1 fully saturated rings. The van der Waals surface area contributed by atoms with Crippen LogP contribution < -0.4 is 5.32 Å². The quantitative estimate of drug-likeness (QED) is 0.774. The standard InChI is InChI=1S/C15H17NO2/c1-15(2)10-13(15)16-14(18)12-8-4-3-6-11(12)7-5-9-17/h3-4,6,8,13,17H,9-10H2,1-2H3,(H,16,18). The van der Waals surface area contributed by atoms with Gasteiger partial charge in [-0.25, -0.2) is 0 Å². The lowest BCUT2D eigenvalue weighted by Crippen LogP contribution is -2.28. The van der Waals surface area contributed by atoms with Gasteiger partial charge >= 0.3 is 0 Å². The molecule has 3 nitrogen and oxygen atoms in total. The highest BCUT2D eigenvalue weighted by molar-refractivity contribution is 5.97. The van der Waals surface area contributed by atoms with E-state index in [2.05, 4.69) is 31.0 Å². The number of nitrogens with one attached hydrogen (secondary N) is 1. The molecule has 1 aromatic rings. The molecule has 2 N–H and O–H groups in total. The molecule has 0 aromatic heterocycles. The van der Waals surface area contributed by atoms with E-state index in [4.69, 9.17) is 5.11 Å². The van der Waals surface area contributed by atoms with Crippen molar-refractivity contribution < 1.29 is 9.90 Å². The molecule has 1 unspecified atom stereocenters. The van der Waals surface area contributed by atoms with Gasteiger partial charge in [0.25, 0.3) is 5.91 Å². The fourth-order valence-electron chi connectivity index (χ4n) is 1.87. The molecular weight excluding hydrogens is 226 g/mol. The summed E-state index contributed by atoms with van der Waals surface area (Å²) in [6, 6.07) is 7.45. The van der Waals surface area contributed by atoms with Gasteiger partial charge in [-0.2, -0.15) is 0 Å². The van der Waals surface area contributed by atoms with Crippen LogP contribution in [0.25, 0.3) is 0 Å². The van der Waals surface area contributed by atoms with Crippen LogP contribution in [0.3, 0.4) is 0 Å². The number of benzene rings is 1. The van der Waals surface area contributed by atoms with Gasteiger partial charge in [0.1, 0.15) is 6.61 Å². The Kier molecular flexibility index (Phi) is 3.40. The Hall–Kier alpha value is -1.79. The van der Waals surface area contributed by atoms with E-state index >= 15 is 0 Å². The van der Waals surface area contributed by atoms with Crippen molar-refractivity contribution in [3.05, 3.63) is 35.4 Å². The zero-order valence-corrected chi connectivity index (χ0v) is 10.7. The molecule has 0 spiro atoms. The van der Waals surface area contributed by atoms with Gasteiger partial charge in [-0.1, -0.05) is 37.8 Å². The van der Waals surface area contributed by atoms with Crippen LogP contribution in [-0.4, -0.2) is 23.7 Å². The van der Waals surface area contributed by atoms with Crippen LogP contribution in [0.1, 0.15) is 36.2 Å². The normalized spacial score (nSPS) is 19.6. The van der Waals surface area contributed by atoms with Crippen LogP contribution in [0.2, 0.25) is 0 Å². The smallest absolute Gasteiger partial charge is 0.252 e. The zero-order chi connectivity index (χ0) is 13.2. The number of aliphatic hydroxyl groups is 1. The summed E-state index contributed by atoms with van der Waals surface area (Å²) in [4.78, 5) is 12.1. The van der Waals surface area contributed by atoms with Gasteiger partial charge in [0.15, 0.2) is 0 Å². The van der Waals surface area contributed by atoms with Crippen LogP contribution in [0, 0.1) is 17.3 Å². The third-order valence-electron chi connectivity index (χ3n) is 3.29. The van der Waals surface area contributed by atoms with E-state index in [0.29, 0.717) is 11.1 Å².